The van der Waals surface area contributed by atoms with Gasteiger partial charge in [-0.1, -0.05) is 12.1 Å². The number of rotatable bonds is 9. The molecule has 2 aromatic rings. The van der Waals surface area contributed by atoms with E-state index in [1.54, 1.807) is 48.4 Å². The number of hydrogen-bond donors (Lipinski definition) is 0. The van der Waals surface area contributed by atoms with Crippen LogP contribution in [-0.4, -0.2) is 45.7 Å². The van der Waals surface area contributed by atoms with Crippen molar-refractivity contribution in [1.82, 2.24) is 4.90 Å². The predicted octanol–water partition coefficient (Wildman–Crippen LogP) is 2.30. The highest BCUT2D eigenvalue weighted by Gasteiger charge is 2.18. The third kappa shape index (κ3) is 6.24. The summed E-state index contributed by atoms with van der Waals surface area (Å²) in [6, 6.07) is 9.84. The molecule has 1 aromatic heterocycles. The maximum Gasteiger partial charge on any atom is 0.306 e. The molecule has 8 heteroatoms. The Morgan fingerprint density at radius 2 is 1.92 bits per heavy atom. The minimum atomic E-state index is -3.56. The van der Waals surface area contributed by atoms with Crippen molar-refractivity contribution < 1.29 is 26.5 Å². The topological polar surface area (TPSA) is 86.0 Å². The van der Waals surface area contributed by atoms with Gasteiger partial charge in [0, 0.05) is 26.8 Å². The van der Waals surface area contributed by atoms with Gasteiger partial charge in [0.15, 0.2) is 5.76 Å². The SMILES string of the molecule is COCCCN(Cc1ccc(OS(C)(=O)=O)cc1)C(=O)c1ccco1. The number of benzene rings is 1. The highest BCUT2D eigenvalue weighted by atomic mass is 32.2. The zero-order chi connectivity index (χ0) is 18.3. The fourth-order valence-corrected chi connectivity index (χ4v) is 2.71. The van der Waals surface area contributed by atoms with Gasteiger partial charge in [-0.15, -0.1) is 0 Å². The Labute approximate surface area is 147 Å². The second-order valence-electron chi connectivity index (χ2n) is 5.48. The van der Waals surface area contributed by atoms with E-state index >= 15 is 0 Å². The summed E-state index contributed by atoms with van der Waals surface area (Å²) in [5.41, 5.74) is 0.846. The lowest BCUT2D eigenvalue weighted by atomic mass is 10.2. The summed E-state index contributed by atoms with van der Waals surface area (Å²) in [4.78, 5) is 14.2. The number of methoxy groups -OCH3 is 1. The molecule has 0 spiro atoms. The van der Waals surface area contributed by atoms with Crippen LogP contribution in [0.1, 0.15) is 22.5 Å². The summed E-state index contributed by atoms with van der Waals surface area (Å²) >= 11 is 0. The molecular formula is C17H21NO6S. The molecule has 1 aromatic carbocycles. The molecule has 0 aliphatic carbocycles. The van der Waals surface area contributed by atoms with Gasteiger partial charge in [-0.05, 0) is 36.2 Å². The number of furan rings is 1. The minimum absolute atomic E-state index is 0.211. The second-order valence-corrected chi connectivity index (χ2v) is 7.06. The molecule has 1 heterocycles. The Balaban J connectivity index is 2.08. The third-order valence-corrected chi connectivity index (χ3v) is 3.84. The Morgan fingerprint density at radius 1 is 1.20 bits per heavy atom. The molecular weight excluding hydrogens is 346 g/mol. The summed E-state index contributed by atoms with van der Waals surface area (Å²) in [5, 5.41) is 0. The van der Waals surface area contributed by atoms with Gasteiger partial charge in [0.25, 0.3) is 5.91 Å². The first-order valence-electron chi connectivity index (χ1n) is 7.69. The summed E-state index contributed by atoms with van der Waals surface area (Å²) in [6.07, 6.45) is 3.14. The van der Waals surface area contributed by atoms with Crippen LogP contribution in [0.3, 0.4) is 0 Å². The third-order valence-electron chi connectivity index (χ3n) is 3.34. The van der Waals surface area contributed by atoms with Gasteiger partial charge in [0.2, 0.25) is 0 Å². The van der Waals surface area contributed by atoms with E-state index < -0.39 is 10.1 Å². The van der Waals surface area contributed by atoms with Crippen molar-refractivity contribution in [3.8, 4) is 5.75 Å². The molecule has 0 saturated heterocycles. The van der Waals surface area contributed by atoms with E-state index in [1.807, 2.05) is 0 Å². The zero-order valence-electron chi connectivity index (χ0n) is 14.2. The van der Waals surface area contributed by atoms with Crippen LogP contribution < -0.4 is 4.18 Å². The van der Waals surface area contributed by atoms with Gasteiger partial charge >= 0.3 is 10.1 Å². The van der Waals surface area contributed by atoms with Gasteiger partial charge in [0.05, 0.1) is 12.5 Å². The van der Waals surface area contributed by atoms with Gasteiger partial charge in [-0.3, -0.25) is 4.79 Å². The number of carbonyl (C=O) groups is 1. The van der Waals surface area contributed by atoms with E-state index in [4.69, 9.17) is 13.3 Å². The van der Waals surface area contributed by atoms with Crippen molar-refractivity contribution in [2.45, 2.75) is 13.0 Å². The molecule has 1 amide bonds. The first kappa shape index (κ1) is 19.0. The minimum Gasteiger partial charge on any atom is -0.459 e. The molecule has 7 nitrogen and oxygen atoms in total. The van der Waals surface area contributed by atoms with Crippen molar-refractivity contribution in [3.05, 3.63) is 54.0 Å². The molecule has 0 saturated carbocycles. The average molecular weight is 367 g/mol. The van der Waals surface area contributed by atoms with E-state index in [1.165, 1.54) is 6.26 Å². The number of nitrogens with zero attached hydrogens (tertiary/aromatic N) is 1. The standard InChI is InChI=1S/C17H21NO6S/c1-22-11-4-10-18(17(19)16-5-3-12-23-16)13-14-6-8-15(9-7-14)24-25(2,20)21/h3,5-9,12H,4,10-11,13H2,1-2H3. The molecule has 0 atom stereocenters. The van der Waals surface area contributed by atoms with Crippen LogP contribution in [0.25, 0.3) is 0 Å². The largest absolute Gasteiger partial charge is 0.459 e. The normalized spacial score (nSPS) is 11.3. The maximum atomic E-state index is 12.5. The fraction of sp³-hybridized carbons (Fsp3) is 0.353. The van der Waals surface area contributed by atoms with E-state index in [9.17, 15) is 13.2 Å². The lowest BCUT2D eigenvalue weighted by Gasteiger charge is -2.22. The highest BCUT2D eigenvalue weighted by Crippen LogP contribution is 2.17. The maximum absolute atomic E-state index is 12.5. The van der Waals surface area contributed by atoms with E-state index in [2.05, 4.69) is 0 Å². The highest BCUT2D eigenvalue weighted by molar-refractivity contribution is 7.86. The monoisotopic (exact) mass is 367 g/mol. The fourth-order valence-electron chi connectivity index (χ4n) is 2.25. The molecule has 0 unspecified atom stereocenters. The van der Waals surface area contributed by atoms with Crippen molar-refractivity contribution >= 4 is 16.0 Å². The Kier molecular flexibility index (Phi) is 6.60. The molecule has 2 rings (SSSR count). The van der Waals surface area contributed by atoms with Crippen LogP contribution in [0, 0.1) is 0 Å². The van der Waals surface area contributed by atoms with Crippen LogP contribution in [0.4, 0.5) is 0 Å². The predicted molar refractivity (Wildman–Crippen MR) is 91.9 cm³/mol. The van der Waals surface area contributed by atoms with Gasteiger partial charge in [-0.2, -0.15) is 8.42 Å². The van der Waals surface area contributed by atoms with Crippen LogP contribution in [0.2, 0.25) is 0 Å². The molecule has 25 heavy (non-hydrogen) atoms. The summed E-state index contributed by atoms with van der Waals surface area (Å²) in [7, 11) is -1.95. The van der Waals surface area contributed by atoms with E-state index in [0.717, 1.165) is 11.8 Å². The first-order valence-corrected chi connectivity index (χ1v) is 9.51. The molecule has 0 aliphatic rings. The molecule has 0 fully saturated rings. The Morgan fingerprint density at radius 3 is 2.48 bits per heavy atom. The first-order chi connectivity index (χ1) is 11.9. The van der Waals surface area contributed by atoms with E-state index in [-0.39, 0.29) is 17.4 Å². The van der Waals surface area contributed by atoms with Crippen molar-refractivity contribution in [2.75, 3.05) is 26.5 Å². The average Bonchev–Trinajstić information content (AvgIpc) is 3.08. The van der Waals surface area contributed by atoms with E-state index in [0.29, 0.717) is 26.1 Å². The molecule has 0 aliphatic heterocycles. The number of carbonyl (C=O) groups excluding carboxylic acids is 1. The molecule has 0 bridgehead atoms. The summed E-state index contributed by atoms with van der Waals surface area (Å²) in [6.45, 7) is 1.42. The second kappa shape index (κ2) is 8.68. The van der Waals surface area contributed by atoms with Crippen LogP contribution in [0.15, 0.2) is 47.1 Å². The van der Waals surface area contributed by atoms with Crippen molar-refractivity contribution in [1.29, 1.82) is 0 Å². The van der Waals surface area contributed by atoms with Gasteiger partial charge in [0.1, 0.15) is 5.75 Å². The smallest absolute Gasteiger partial charge is 0.306 e. The number of ether oxygens (including phenoxy) is 1. The summed E-state index contributed by atoms with van der Waals surface area (Å²) in [5.74, 6) is 0.293. The quantitative estimate of drug-likeness (QED) is 0.499. The van der Waals surface area contributed by atoms with Crippen LogP contribution >= 0.6 is 0 Å². The molecule has 0 N–H and O–H groups in total. The zero-order valence-corrected chi connectivity index (χ0v) is 15.0. The van der Waals surface area contributed by atoms with Crippen molar-refractivity contribution in [2.24, 2.45) is 0 Å². The van der Waals surface area contributed by atoms with Crippen LogP contribution in [-0.2, 0) is 21.4 Å². The molecule has 136 valence electrons. The van der Waals surface area contributed by atoms with Gasteiger partial charge < -0.3 is 18.2 Å². The molecule has 0 radical (unpaired) electrons. The summed E-state index contributed by atoms with van der Waals surface area (Å²) < 4.78 is 37.3. The van der Waals surface area contributed by atoms with Crippen molar-refractivity contribution in [3.63, 3.8) is 0 Å². The lowest BCUT2D eigenvalue weighted by Crippen LogP contribution is -2.31. The number of amides is 1. The van der Waals surface area contributed by atoms with Gasteiger partial charge in [-0.25, -0.2) is 0 Å². The Hall–Kier alpha value is -2.32. The van der Waals surface area contributed by atoms with Crippen LogP contribution in [0.5, 0.6) is 5.75 Å². The Bertz CT molecular complexity index is 768. The number of hydrogen-bond acceptors (Lipinski definition) is 6. The lowest BCUT2D eigenvalue weighted by molar-refractivity contribution is 0.0692.